The number of carbonyl (C=O) groups is 1. The molecule has 1 amide bonds. The van der Waals surface area contributed by atoms with Gasteiger partial charge < -0.3 is 15.2 Å². The zero-order chi connectivity index (χ0) is 15.2. The van der Waals surface area contributed by atoms with E-state index in [4.69, 9.17) is 4.74 Å². The third kappa shape index (κ3) is 5.73. The van der Waals surface area contributed by atoms with Crippen molar-refractivity contribution in [2.75, 3.05) is 6.54 Å². The molecule has 0 aliphatic carbocycles. The Bertz CT molecular complexity index is 492. The second-order valence-electron chi connectivity index (χ2n) is 5.30. The van der Waals surface area contributed by atoms with Crippen LogP contribution in [0.3, 0.4) is 0 Å². The fourth-order valence-corrected chi connectivity index (χ4v) is 1.45. The second kappa shape index (κ2) is 6.93. The summed E-state index contributed by atoms with van der Waals surface area (Å²) in [4.78, 5) is 11.3. The summed E-state index contributed by atoms with van der Waals surface area (Å²) < 4.78 is 18.5. The van der Waals surface area contributed by atoms with Gasteiger partial charge in [0.1, 0.15) is 5.60 Å². The van der Waals surface area contributed by atoms with Crippen LogP contribution in [0.4, 0.5) is 9.18 Å². The topological polar surface area (TPSA) is 58.6 Å². The van der Waals surface area contributed by atoms with Crippen molar-refractivity contribution in [3.63, 3.8) is 0 Å². The van der Waals surface area contributed by atoms with E-state index in [1.165, 1.54) is 6.07 Å². The van der Waals surface area contributed by atoms with E-state index in [0.717, 1.165) is 0 Å². The lowest BCUT2D eigenvalue weighted by molar-refractivity contribution is 0.0529. The van der Waals surface area contributed by atoms with E-state index < -0.39 is 17.5 Å². The maximum Gasteiger partial charge on any atom is 0.407 e. The third-order valence-electron chi connectivity index (χ3n) is 2.28. The van der Waals surface area contributed by atoms with Crippen molar-refractivity contribution in [1.29, 1.82) is 0 Å². The van der Waals surface area contributed by atoms with E-state index in [1.807, 2.05) is 0 Å². The lowest BCUT2D eigenvalue weighted by Gasteiger charge is -2.19. The molecule has 1 aromatic rings. The molecule has 0 aliphatic heterocycles. The van der Waals surface area contributed by atoms with E-state index in [-0.39, 0.29) is 5.75 Å². The minimum absolute atomic E-state index is 0.308. The molecule has 110 valence electrons. The molecule has 0 aromatic heterocycles. The van der Waals surface area contributed by atoms with Crippen LogP contribution in [-0.2, 0) is 4.74 Å². The summed E-state index contributed by atoms with van der Waals surface area (Å²) >= 11 is 0. The van der Waals surface area contributed by atoms with Gasteiger partial charge in [-0.15, -0.1) is 0 Å². The largest absolute Gasteiger partial charge is 0.505 e. The summed E-state index contributed by atoms with van der Waals surface area (Å²) in [6.45, 7) is 5.76. The summed E-state index contributed by atoms with van der Waals surface area (Å²) in [6, 6.07) is 4.42. The Morgan fingerprint density at radius 1 is 1.45 bits per heavy atom. The van der Waals surface area contributed by atoms with Crippen LogP contribution < -0.4 is 5.32 Å². The van der Waals surface area contributed by atoms with E-state index in [1.54, 1.807) is 45.1 Å². The highest BCUT2D eigenvalue weighted by Gasteiger charge is 2.15. The SMILES string of the molecule is CC(C)(C)OC(=O)NCCC=Cc1cccc(O)c1F. The molecular formula is C15H20FNO3. The number of rotatable bonds is 4. The van der Waals surface area contributed by atoms with E-state index in [0.29, 0.717) is 18.5 Å². The van der Waals surface area contributed by atoms with Crippen LogP contribution in [0.15, 0.2) is 24.3 Å². The molecule has 0 atom stereocenters. The average Bonchev–Trinajstić information content (AvgIpc) is 2.31. The second-order valence-corrected chi connectivity index (χ2v) is 5.30. The lowest BCUT2D eigenvalue weighted by Crippen LogP contribution is -2.32. The maximum atomic E-state index is 13.4. The minimum Gasteiger partial charge on any atom is -0.505 e. The van der Waals surface area contributed by atoms with Crippen LogP contribution in [0.2, 0.25) is 0 Å². The monoisotopic (exact) mass is 281 g/mol. The summed E-state index contributed by atoms with van der Waals surface area (Å²) in [5.74, 6) is -1.03. The van der Waals surface area contributed by atoms with Crippen molar-refractivity contribution in [2.24, 2.45) is 0 Å². The van der Waals surface area contributed by atoms with E-state index >= 15 is 0 Å². The Labute approximate surface area is 118 Å². The number of phenols is 1. The van der Waals surface area contributed by atoms with Gasteiger partial charge in [0.2, 0.25) is 0 Å². The van der Waals surface area contributed by atoms with Crippen LogP contribution in [0.5, 0.6) is 5.75 Å². The zero-order valence-electron chi connectivity index (χ0n) is 11.9. The Morgan fingerprint density at radius 2 is 2.15 bits per heavy atom. The fraction of sp³-hybridized carbons (Fsp3) is 0.400. The Hall–Kier alpha value is -2.04. The van der Waals surface area contributed by atoms with Crippen LogP contribution in [-0.4, -0.2) is 23.3 Å². The smallest absolute Gasteiger partial charge is 0.407 e. The van der Waals surface area contributed by atoms with Crippen molar-refractivity contribution in [3.8, 4) is 5.75 Å². The van der Waals surface area contributed by atoms with Gasteiger partial charge in [0.05, 0.1) is 0 Å². The first-order chi connectivity index (χ1) is 9.29. The Kier molecular flexibility index (Phi) is 5.55. The molecule has 0 fully saturated rings. The predicted octanol–water partition coefficient (Wildman–Crippen LogP) is 3.46. The highest BCUT2D eigenvalue weighted by Crippen LogP contribution is 2.19. The highest BCUT2D eigenvalue weighted by atomic mass is 19.1. The number of ether oxygens (including phenoxy) is 1. The summed E-state index contributed by atoms with van der Waals surface area (Å²) in [5.41, 5.74) is -0.216. The summed E-state index contributed by atoms with van der Waals surface area (Å²) in [5, 5.41) is 11.8. The van der Waals surface area contributed by atoms with Gasteiger partial charge in [-0.2, -0.15) is 0 Å². The minimum atomic E-state index is -0.649. The molecule has 20 heavy (non-hydrogen) atoms. The molecule has 0 saturated heterocycles. The summed E-state index contributed by atoms with van der Waals surface area (Å²) in [6.07, 6.45) is 3.34. The molecule has 1 rings (SSSR count). The molecule has 2 N–H and O–H groups in total. The standard InChI is InChI=1S/C15H20FNO3/c1-15(2,3)20-14(19)17-10-5-4-7-11-8-6-9-12(18)13(11)16/h4,6-9,18H,5,10H2,1-3H3,(H,17,19). The first-order valence-electron chi connectivity index (χ1n) is 6.40. The number of alkyl carbamates (subject to hydrolysis) is 1. The zero-order valence-corrected chi connectivity index (χ0v) is 11.9. The number of phenolic OH excluding ortho intramolecular Hbond substituents is 1. The van der Waals surface area contributed by atoms with Gasteiger partial charge in [-0.3, -0.25) is 0 Å². The molecule has 0 aliphatic rings. The molecule has 0 heterocycles. The van der Waals surface area contributed by atoms with Crippen molar-refractivity contribution < 1.29 is 19.0 Å². The molecule has 4 nitrogen and oxygen atoms in total. The molecule has 5 heteroatoms. The number of hydrogen-bond acceptors (Lipinski definition) is 3. The number of benzene rings is 1. The van der Waals surface area contributed by atoms with Crippen molar-refractivity contribution in [1.82, 2.24) is 5.32 Å². The first kappa shape index (κ1) is 16.0. The molecule has 0 unspecified atom stereocenters. The Morgan fingerprint density at radius 3 is 2.80 bits per heavy atom. The molecule has 1 aromatic carbocycles. The van der Waals surface area contributed by atoms with Gasteiger partial charge in [-0.05, 0) is 33.3 Å². The number of aromatic hydroxyl groups is 1. The third-order valence-corrected chi connectivity index (χ3v) is 2.28. The highest BCUT2D eigenvalue weighted by molar-refractivity contribution is 5.67. The van der Waals surface area contributed by atoms with Crippen LogP contribution in [0, 0.1) is 5.82 Å². The Balaban J connectivity index is 2.36. The number of hydrogen-bond donors (Lipinski definition) is 2. The van der Waals surface area contributed by atoms with Crippen molar-refractivity contribution in [3.05, 3.63) is 35.7 Å². The van der Waals surface area contributed by atoms with Crippen LogP contribution >= 0.6 is 0 Å². The number of carbonyl (C=O) groups excluding carboxylic acids is 1. The fourth-order valence-electron chi connectivity index (χ4n) is 1.45. The maximum absolute atomic E-state index is 13.4. The van der Waals surface area contributed by atoms with Gasteiger partial charge >= 0.3 is 6.09 Å². The van der Waals surface area contributed by atoms with Gasteiger partial charge in [0.15, 0.2) is 11.6 Å². The predicted molar refractivity (Wildman–Crippen MR) is 76.0 cm³/mol. The first-order valence-corrected chi connectivity index (χ1v) is 6.40. The van der Waals surface area contributed by atoms with Gasteiger partial charge in [0.25, 0.3) is 0 Å². The van der Waals surface area contributed by atoms with Crippen molar-refractivity contribution in [2.45, 2.75) is 32.8 Å². The van der Waals surface area contributed by atoms with E-state index in [9.17, 15) is 14.3 Å². The number of halogens is 1. The molecule has 0 bridgehead atoms. The summed E-state index contributed by atoms with van der Waals surface area (Å²) in [7, 11) is 0. The van der Waals surface area contributed by atoms with Gasteiger partial charge in [0, 0.05) is 12.1 Å². The molecular weight excluding hydrogens is 261 g/mol. The van der Waals surface area contributed by atoms with Crippen LogP contribution in [0.25, 0.3) is 6.08 Å². The normalized spacial score (nSPS) is 11.6. The van der Waals surface area contributed by atoms with Crippen LogP contribution in [0.1, 0.15) is 32.8 Å². The average molecular weight is 281 g/mol. The van der Waals surface area contributed by atoms with Gasteiger partial charge in [-0.1, -0.05) is 24.3 Å². The lowest BCUT2D eigenvalue weighted by atomic mass is 10.1. The quantitative estimate of drug-likeness (QED) is 0.831. The van der Waals surface area contributed by atoms with Gasteiger partial charge in [-0.25, -0.2) is 9.18 Å². The number of nitrogens with one attached hydrogen (secondary N) is 1. The van der Waals surface area contributed by atoms with Crippen molar-refractivity contribution >= 4 is 12.2 Å². The van der Waals surface area contributed by atoms with E-state index in [2.05, 4.69) is 5.32 Å². The number of amides is 1. The molecule has 0 radical (unpaired) electrons. The molecule has 0 spiro atoms. The molecule has 0 saturated carbocycles.